The van der Waals surface area contributed by atoms with Crippen molar-refractivity contribution >= 4 is 33.2 Å². The molecule has 3 rings (SSSR count). The molecule has 0 aromatic heterocycles. The van der Waals surface area contributed by atoms with Crippen LogP contribution in [-0.2, 0) is 21.2 Å². The van der Waals surface area contributed by atoms with Crippen molar-refractivity contribution in [3.63, 3.8) is 0 Å². The fourth-order valence-corrected chi connectivity index (χ4v) is 5.42. The molecule has 1 N–H and O–H groups in total. The van der Waals surface area contributed by atoms with Crippen molar-refractivity contribution < 1.29 is 13.2 Å². The minimum atomic E-state index is -3.66. The van der Waals surface area contributed by atoms with Crippen molar-refractivity contribution in [2.75, 3.05) is 11.9 Å². The van der Waals surface area contributed by atoms with E-state index in [9.17, 15) is 13.2 Å². The molecule has 0 bridgehead atoms. The number of sulfonamides is 1. The number of carbonyl (C=O) groups excluding carboxylic acids is 1. The van der Waals surface area contributed by atoms with Gasteiger partial charge in [-0.2, -0.15) is 4.31 Å². The lowest BCUT2D eigenvalue weighted by Crippen LogP contribution is -2.45. The van der Waals surface area contributed by atoms with E-state index in [1.807, 2.05) is 31.2 Å². The predicted molar refractivity (Wildman–Crippen MR) is 112 cm³/mol. The highest BCUT2D eigenvalue weighted by molar-refractivity contribution is 7.89. The summed E-state index contributed by atoms with van der Waals surface area (Å²) < 4.78 is 27.7. The van der Waals surface area contributed by atoms with E-state index in [0.717, 1.165) is 30.5 Å². The number of amides is 1. The second-order valence-electron chi connectivity index (χ2n) is 6.98. The van der Waals surface area contributed by atoms with Gasteiger partial charge in [-0.25, -0.2) is 8.42 Å². The summed E-state index contributed by atoms with van der Waals surface area (Å²) in [4.78, 5) is 12.9. The van der Waals surface area contributed by atoms with E-state index in [-0.39, 0.29) is 23.3 Å². The molecule has 1 saturated heterocycles. The molecule has 0 spiro atoms. The topological polar surface area (TPSA) is 66.5 Å². The van der Waals surface area contributed by atoms with Crippen LogP contribution in [0.1, 0.15) is 38.2 Å². The first-order valence-electron chi connectivity index (χ1n) is 9.57. The maximum Gasteiger partial charge on any atom is 0.243 e. The SMILES string of the molecule is CCc1ccccc1NC(=O)C[C@@H]1CCCCN1S(=O)(=O)c1ccc(Cl)cc1. The Morgan fingerprint density at radius 2 is 1.86 bits per heavy atom. The minimum Gasteiger partial charge on any atom is -0.326 e. The number of hydrogen-bond acceptors (Lipinski definition) is 3. The number of piperidine rings is 1. The molecule has 150 valence electrons. The number of para-hydroxylation sites is 1. The number of benzene rings is 2. The second kappa shape index (κ2) is 9.07. The van der Waals surface area contributed by atoms with Gasteiger partial charge in [-0.15, -0.1) is 0 Å². The highest BCUT2D eigenvalue weighted by Crippen LogP contribution is 2.28. The third-order valence-electron chi connectivity index (χ3n) is 5.09. The molecule has 0 radical (unpaired) electrons. The Morgan fingerprint density at radius 1 is 1.14 bits per heavy atom. The first-order chi connectivity index (χ1) is 13.4. The van der Waals surface area contributed by atoms with Crippen LogP contribution in [0.2, 0.25) is 5.02 Å². The fourth-order valence-electron chi connectivity index (χ4n) is 3.60. The highest BCUT2D eigenvalue weighted by Gasteiger charge is 2.34. The Hall–Kier alpha value is -1.89. The largest absolute Gasteiger partial charge is 0.326 e. The summed E-state index contributed by atoms with van der Waals surface area (Å²) in [5.74, 6) is -0.163. The van der Waals surface area contributed by atoms with Crippen LogP contribution >= 0.6 is 11.6 Å². The van der Waals surface area contributed by atoms with Crippen molar-refractivity contribution in [3.05, 3.63) is 59.1 Å². The van der Waals surface area contributed by atoms with Gasteiger partial charge in [0.1, 0.15) is 0 Å². The van der Waals surface area contributed by atoms with Crippen LogP contribution in [0.4, 0.5) is 5.69 Å². The van der Waals surface area contributed by atoms with Gasteiger partial charge in [-0.3, -0.25) is 4.79 Å². The smallest absolute Gasteiger partial charge is 0.243 e. The molecule has 1 aliphatic rings. The van der Waals surface area contributed by atoms with Gasteiger partial charge < -0.3 is 5.32 Å². The number of nitrogens with zero attached hydrogens (tertiary/aromatic N) is 1. The summed E-state index contributed by atoms with van der Waals surface area (Å²) in [5, 5.41) is 3.44. The number of halogens is 1. The lowest BCUT2D eigenvalue weighted by atomic mass is 10.0. The molecule has 5 nitrogen and oxygen atoms in total. The lowest BCUT2D eigenvalue weighted by molar-refractivity contribution is -0.117. The zero-order valence-corrected chi connectivity index (χ0v) is 17.5. The van der Waals surface area contributed by atoms with Crippen molar-refractivity contribution in [1.29, 1.82) is 0 Å². The van der Waals surface area contributed by atoms with Crippen molar-refractivity contribution in [3.8, 4) is 0 Å². The van der Waals surface area contributed by atoms with Gasteiger partial charge >= 0.3 is 0 Å². The van der Waals surface area contributed by atoms with Crippen LogP contribution in [0.5, 0.6) is 0 Å². The number of hydrogen-bond donors (Lipinski definition) is 1. The first kappa shape index (κ1) is 20.8. The molecule has 2 aromatic rings. The summed E-state index contributed by atoms with van der Waals surface area (Å²) in [6.45, 7) is 2.46. The van der Waals surface area contributed by atoms with Gasteiger partial charge in [0.05, 0.1) is 4.90 Å². The van der Waals surface area contributed by atoms with Gasteiger partial charge in [0, 0.05) is 29.7 Å². The molecule has 28 heavy (non-hydrogen) atoms. The third kappa shape index (κ3) is 4.74. The van der Waals surface area contributed by atoms with E-state index in [1.54, 1.807) is 12.1 Å². The fraction of sp³-hybridized carbons (Fsp3) is 0.381. The van der Waals surface area contributed by atoms with E-state index >= 15 is 0 Å². The highest BCUT2D eigenvalue weighted by atomic mass is 35.5. The van der Waals surface area contributed by atoms with Crippen molar-refractivity contribution in [2.45, 2.75) is 50.0 Å². The van der Waals surface area contributed by atoms with Gasteiger partial charge in [-0.05, 0) is 55.2 Å². The number of anilines is 1. The standard InChI is InChI=1S/C21H25ClN2O3S/c1-2-16-7-3-4-9-20(16)23-21(25)15-18-8-5-6-14-24(18)28(26,27)19-12-10-17(22)11-13-19/h3-4,7,9-13,18H,2,5-6,8,14-15H2,1H3,(H,23,25)/t18-/m0/s1. The van der Waals surface area contributed by atoms with E-state index in [2.05, 4.69) is 5.32 Å². The van der Waals surface area contributed by atoms with Gasteiger partial charge in [0.25, 0.3) is 0 Å². The van der Waals surface area contributed by atoms with Gasteiger partial charge in [0.15, 0.2) is 0 Å². The molecule has 1 amide bonds. The third-order valence-corrected chi connectivity index (χ3v) is 7.30. The van der Waals surface area contributed by atoms with Crippen LogP contribution < -0.4 is 5.32 Å². The molecule has 0 saturated carbocycles. The van der Waals surface area contributed by atoms with Crippen LogP contribution in [-0.4, -0.2) is 31.2 Å². The maximum absolute atomic E-state index is 13.1. The molecule has 1 atom stereocenters. The molecule has 2 aromatic carbocycles. The molecule has 1 fully saturated rings. The second-order valence-corrected chi connectivity index (χ2v) is 9.31. The average molecular weight is 421 g/mol. The van der Waals surface area contributed by atoms with E-state index < -0.39 is 10.0 Å². The number of rotatable bonds is 6. The Labute approximate surface area is 171 Å². The van der Waals surface area contributed by atoms with Crippen LogP contribution in [0.15, 0.2) is 53.4 Å². The Balaban J connectivity index is 1.76. The minimum absolute atomic E-state index is 0.144. The average Bonchev–Trinajstić information content (AvgIpc) is 2.69. The first-order valence-corrected chi connectivity index (χ1v) is 11.4. The number of aryl methyl sites for hydroxylation is 1. The van der Waals surface area contributed by atoms with E-state index in [0.29, 0.717) is 18.0 Å². The van der Waals surface area contributed by atoms with Gasteiger partial charge in [-0.1, -0.05) is 43.1 Å². The monoisotopic (exact) mass is 420 g/mol. The summed E-state index contributed by atoms with van der Waals surface area (Å²) in [5.41, 5.74) is 1.85. The molecular weight excluding hydrogens is 396 g/mol. The molecule has 0 aliphatic carbocycles. The van der Waals surface area contributed by atoms with Crippen molar-refractivity contribution in [2.24, 2.45) is 0 Å². The summed E-state index contributed by atoms with van der Waals surface area (Å²) in [6.07, 6.45) is 3.34. The molecule has 1 aliphatic heterocycles. The molecule has 0 unspecified atom stereocenters. The van der Waals surface area contributed by atoms with Crippen LogP contribution in [0.25, 0.3) is 0 Å². The van der Waals surface area contributed by atoms with Crippen molar-refractivity contribution in [1.82, 2.24) is 4.31 Å². The zero-order valence-electron chi connectivity index (χ0n) is 15.9. The number of nitrogens with one attached hydrogen (secondary N) is 1. The van der Waals surface area contributed by atoms with E-state index in [4.69, 9.17) is 11.6 Å². The van der Waals surface area contributed by atoms with Gasteiger partial charge in [0.2, 0.25) is 15.9 Å². The molecule has 1 heterocycles. The predicted octanol–water partition coefficient (Wildman–Crippen LogP) is 4.47. The van der Waals surface area contributed by atoms with Crippen LogP contribution in [0.3, 0.4) is 0 Å². The zero-order chi connectivity index (χ0) is 20.1. The Kier molecular flexibility index (Phi) is 6.75. The molecule has 7 heteroatoms. The van der Waals surface area contributed by atoms with E-state index in [1.165, 1.54) is 16.4 Å². The molecular formula is C21H25ClN2O3S. The number of carbonyl (C=O) groups is 1. The quantitative estimate of drug-likeness (QED) is 0.749. The lowest BCUT2D eigenvalue weighted by Gasteiger charge is -2.34. The summed E-state index contributed by atoms with van der Waals surface area (Å²) >= 11 is 5.89. The normalized spacial score (nSPS) is 18.0. The maximum atomic E-state index is 13.1. The summed E-state index contributed by atoms with van der Waals surface area (Å²) in [7, 11) is -3.66. The Bertz CT molecular complexity index is 929. The summed E-state index contributed by atoms with van der Waals surface area (Å²) in [6, 6.07) is 13.5. The Morgan fingerprint density at radius 3 is 2.57 bits per heavy atom. The van der Waals surface area contributed by atoms with Crippen LogP contribution in [0, 0.1) is 0 Å².